The summed E-state index contributed by atoms with van der Waals surface area (Å²) in [6.45, 7) is -0.354. The highest BCUT2D eigenvalue weighted by Crippen LogP contribution is 2.24. The first-order valence-corrected chi connectivity index (χ1v) is 5.06. The third-order valence-corrected chi connectivity index (χ3v) is 2.49. The topological polar surface area (TPSA) is 79.2 Å². The Morgan fingerprint density at radius 1 is 1.12 bits per heavy atom. The molecule has 1 aliphatic heterocycles. The minimum absolute atomic E-state index is 0.354. The van der Waals surface area contributed by atoms with E-state index in [1.54, 1.807) is 24.3 Å². The maximum Gasteiger partial charge on any atom is 0.229 e. The summed E-state index contributed by atoms with van der Waals surface area (Å²) in [6, 6.07) is 8.85. The second-order valence-corrected chi connectivity index (χ2v) is 3.64. The molecule has 0 aliphatic carbocycles. The summed E-state index contributed by atoms with van der Waals surface area (Å²) < 4.78 is 10.5. The summed E-state index contributed by atoms with van der Waals surface area (Å²) in [4.78, 5) is 0. The zero-order chi connectivity index (χ0) is 11.5. The van der Waals surface area contributed by atoms with E-state index in [9.17, 15) is 10.2 Å². The normalized spacial score (nSPS) is 33.9. The molecule has 0 saturated carbocycles. The van der Waals surface area contributed by atoms with Gasteiger partial charge in [-0.15, -0.1) is 0 Å². The molecule has 1 aromatic rings. The quantitative estimate of drug-likeness (QED) is 0.648. The van der Waals surface area contributed by atoms with Gasteiger partial charge in [0.15, 0.2) is 0 Å². The highest BCUT2D eigenvalue weighted by Gasteiger charge is 2.43. The second kappa shape index (κ2) is 4.80. The van der Waals surface area contributed by atoms with Gasteiger partial charge in [-0.3, -0.25) is 0 Å². The highest BCUT2D eigenvalue weighted by atomic mass is 16.7. The van der Waals surface area contributed by atoms with Gasteiger partial charge >= 0.3 is 0 Å². The molecule has 0 aromatic heterocycles. The molecule has 3 unspecified atom stereocenters. The molecule has 5 heteroatoms. The van der Waals surface area contributed by atoms with E-state index < -0.39 is 24.6 Å². The molecule has 16 heavy (non-hydrogen) atoms. The van der Waals surface area contributed by atoms with Crippen molar-refractivity contribution in [3.05, 3.63) is 30.3 Å². The van der Waals surface area contributed by atoms with Crippen molar-refractivity contribution in [3.63, 3.8) is 0 Å². The van der Waals surface area contributed by atoms with Crippen LogP contribution >= 0.6 is 0 Å². The van der Waals surface area contributed by atoms with Crippen LogP contribution in [0.4, 0.5) is 0 Å². The molecular weight excluding hydrogens is 212 g/mol. The second-order valence-electron chi connectivity index (χ2n) is 3.64. The molecule has 88 valence electrons. The Labute approximate surface area is 92.9 Å². The number of benzene rings is 1. The number of rotatable bonds is 3. The van der Waals surface area contributed by atoms with Crippen LogP contribution in [0.3, 0.4) is 0 Å². The van der Waals surface area contributed by atoms with Crippen molar-refractivity contribution in [3.8, 4) is 5.75 Å². The molecule has 0 bridgehead atoms. The van der Waals surface area contributed by atoms with Crippen molar-refractivity contribution in [2.75, 3.05) is 6.61 Å². The van der Waals surface area contributed by atoms with Crippen molar-refractivity contribution in [1.29, 1.82) is 0 Å². The fourth-order valence-electron chi connectivity index (χ4n) is 1.60. The molecule has 4 atom stereocenters. The molecule has 0 amide bonds. The Bertz CT molecular complexity index is 328. The van der Waals surface area contributed by atoms with Gasteiger partial charge in [0.25, 0.3) is 0 Å². The van der Waals surface area contributed by atoms with E-state index in [1.807, 2.05) is 6.07 Å². The zero-order valence-corrected chi connectivity index (χ0v) is 8.56. The van der Waals surface area contributed by atoms with E-state index in [0.29, 0.717) is 5.75 Å². The fraction of sp³-hybridized carbons (Fsp3) is 0.455. The monoisotopic (exact) mass is 226 g/mol. The molecule has 0 radical (unpaired) electrons. The van der Waals surface area contributed by atoms with Gasteiger partial charge in [-0.2, -0.15) is 0 Å². The van der Waals surface area contributed by atoms with Crippen LogP contribution in [-0.4, -0.2) is 46.5 Å². The van der Waals surface area contributed by atoms with E-state index in [-0.39, 0.29) is 6.61 Å². The van der Waals surface area contributed by atoms with Gasteiger partial charge in [-0.05, 0) is 12.1 Å². The fourth-order valence-corrected chi connectivity index (χ4v) is 1.60. The van der Waals surface area contributed by atoms with E-state index >= 15 is 0 Å². The Balaban J connectivity index is 2.01. The summed E-state index contributed by atoms with van der Waals surface area (Å²) in [5, 5.41) is 28.0. The van der Waals surface area contributed by atoms with Gasteiger partial charge in [0.2, 0.25) is 6.29 Å². The van der Waals surface area contributed by atoms with E-state index in [2.05, 4.69) is 0 Å². The number of ether oxygens (including phenoxy) is 2. The van der Waals surface area contributed by atoms with Crippen LogP contribution in [-0.2, 0) is 4.74 Å². The zero-order valence-electron chi connectivity index (χ0n) is 8.56. The SMILES string of the molecule is OCC1O[C@H](Oc2ccccc2)C(O)C1O. The smallest absolute Gasteiger partial charge is 0.229 e. The van der Waals surface area contributed by atoms with Crippen molar-refractivity contribution in [1.82, 2.24) is 0 Å². The number of aliphatic hydroxyl groups excluding tert-OH is 3. The lowest BCUT2D eigenvalue weighted by molar-refractivity contribution is -0.116. The lowest BCUT2D eigenvalue weighted by atomic mass is 10.1. The number of para-hydroxylation sites is 1. The number of hydrogen-bond donors (Lipinski definition) is 3. The molecule has 2 rings (SSSR count). The Hall–Kier alpha value is -1.14. The minimum atomic E-state index is -1.16. The van der Waals surface area contributed by atoms with Gasteiger partial charge in [0, 0.05) is 0 Å². The molecule has 1 heterocycles. The minimum Gasteiger partial charge on any atom is -0.462 e. The predicted molar refractivity (Wildman–Crippen MR) is 54.8 cm³/mol. The average Bonchev–Trinajstić information content (AvgIpc) is 2.58. The maximum atomic E-state index is 9.61. The molecule has 5 nitrogen and oxygen atoms in total. The predicted octanol–water partition coefficient (Wildman–Crippen LogP) is -0.496. The summed E-state index contributed by atoms with van der Waals surface area (Å²) in [6.07, 6.45) is -4.03. The lowest BCUT2D eigenvalue weighted by Crippen LogP contribution is -2.35. The first-order valence-electron chi connectivity index (χ1n) is 5.06. The van der Waals surface area contributed by atoms with Crippen LogP contribution < -0.4 is 4.74 Å². The van der Waals surface area contributed by atoms with Crippen LogP contribution in [0.15, 0.2) is 30.3 Å². The Morgan fingerprint density at radius 2 is 1.81 bits per heavy atom. The van der Waals surface area contributed by atoms with Gasteiger partial charge in [0.1, 0.15) is 24.1 Å². The molecule has 0 spiro atoms. The van der Waals surface area contributed by atoms with Crippen molar-refractivity contribution < 1.29 is 24.8 Å². The number of aliphatic hydroxyl groups is 3. The Morgan fingerprint density at radius 3 is 2.38 bits per heavy atom. The Kier molecular flexibility index (Phi) is 3.40. The van der Waals surface area contributed by atoms with Crippen LogP contribution in [0.25, 0.3) is 0 Å². The molecule has 1 saturated heterocycles. The molecule has 1 aliphatic rings. The van der Waals surface area contributed by atoms with Crippen molar-refractivity contribution in [2.24, 2.45) is 0 Å². The molecule has 1 fully saturated rings. The summed E-state index contributed by atoms with van der Waals surface area (Å²) >= 11 is 0. The number of hydrogen-bond acceptors (Lipinski definition) is 5. The molecule has 1 aromatic carbocycles. The average molecular weight is 226 g/mol. The van der Waals surface area contributed by atoms with Crippen LogP contribution in [0, 0.1) is 0 Å². The third-order valence-electron chi connectivity index (χ3n) is 2.49. The first kappa shape index (κ1) is 11.3. The summed E-state index contributed by atoms with van der Waals surface area (Å²) in [5.74, 6) is 0.539. The van der Waals surface area contributed by atoms with Gasteiger partial charge in [-0.25, -0.2) is 0 Å². The standard InChI is InChI=1S/C11H14O5/c12-6-8-9(13)10(14)11(16-8)15-7-4-2-1-3-5-7/h1-5,8-14H,6H2/t8?,9?,10?,11-/m0/s1. The van der Waals surface area contributed by atoms with E-state index in [1.165, 1.54) is 0 Å². The largest absolute Gasteiger partial charge is 0.462 e. The maximum absolute atomic E-state index is 9.61. The summed E-state index contributed by atoms with van der Waals surface area (Å²) in [7, 11) is 0. The van der Waals surface area contributed by atoms with Crippen molar-refractivity contribution in [2.45, 2.75) is 24.6 Å². The van der Waals surface area contributed by atoms with E-state index in [0.717, 1.165) is 0 Å². The van der Waals surface area contributed by atoms with Crippen LogP contribution in [0.5, 0.6) is 5.75 Å². The molecular formula is C11H14O5. The third kappa shape index (κ3) is 2.17. The van der Waals surface area contributed by atoms with E-state index in [4.69, 9.17) is 14.6 Å². The summed E-state index contributed by atoms with van der Waals surface area (Å²) in [5.41, 5.74) is 0. The van der Waals surface area contributed by atoms with Gasteiger partial charge in [0.05, 0.1) is 6.61 Å². The highest BCUT2D eigenvalue weighted by molar-refractivity contribution is 5.21. The first-order chi connectivity index (χ1) is 7.72. The van der Waals surface area contributed by atoms with Crippen LogP contribution in [0.2, 0.25) is 0 Å². The van der Waals surface area contributed by atoms with Gasteiger partial charge in [-0.1, -0.05) is 18.2 Å². The molecule has 3 N–H and O–H groups in total. The van der Waals surface area contributed by atoms with Crippen molar-refractivity contribution >= 4 is 0 Å². The van der Waals surface area contributed by atoms with Crippen LogP contribution in [0.1, 0.15) is 0 Å². The lowest BCUT2D eigenvalue weighted by Gasteiger charge is -2.16. The van der Waals surface area contributed by atoms with Gasteiger partial charge < -0.3 is 24.8 Å².